The van der Waals surface area contributed by atoms with E-state index in [9.17, 15) is 4.79 Å². The molecule has 1 atom stereocenters. The van der Waals surface area contributed by atoms with Gasteiger partial charge in [0.2, 0.25) is 5.88 Å². The van der Waals surface area contributed by atoms with Crippen molar-refractivity contribution >= 4 is 28.0 Å². The number of nitrogens with zero attached hydrogens (tertiary/aromatic N) is 1. The molecule has 1 unspecified atom stereocenters. The minimum atomic E-state index is -1.38. The highest BCUT2D eigenvalue weighted by Gasteiger charge is 2.12. The van der Waals surface area contributed by atoms with Gasteiger partial charge in [-0.05, 0) is 31.0 Å². The normalized spacial score (nSPS) is 12.6. The predicted molar refractivity (Wildman–Crippen MR) is 86.9 cm³/mol. The molecular weight excluding hydrogens is 296 g/mol. The van der Waals surface area contributed by atoms with Gasteiger partial charge in [-0.2, -0.15) is 0 Å². The number of benzene rings is 1. The number of ether oxygens (including phenoxy) is 2. The van der Waals surface area contributed by atoms with Crippen LogP contribution < -0.4 is 4.74 Å². The summed E-state index contributed by atoms with van der Waals surface area (Å²) >= 11 is 0. The summed E-state index contributed by atoms with van der Waals surface area (Å²) in [7, 11) is 0. The number of carbonyl (C=O) groups is 1. The number of rotatable bonds is 5. The van der Waals surface area contributed by atoms with Crippen LogP contribution >= 0.6 is 0 Å². The Balaban J connectivity index is 2.04. The van der Waals surface area contributed by atoms with Crippen LogP contribution in [0.15, 0.2) is 30.5 Å². The van der Waals surface area contributed by atoms with Crippen molar-refractivity contribution in [2.75, 3.05) is 6.61 Å². The Morgan fingerprint density at radius 1 is 1.30 bits per heavy atom. The number of carboxylic acid groups (broad SMARTS) is 1. The molecule has 0 saturated heterocycles. The molecule has 3 rings (SSSR count). The highest BCUT2D eigenvalue weighted by atomic mass is 16.7. The maximum Gasteiger partial charge on any atom is 0.512 e. The first-order valence-electron chi connectivity index (χ1n) is 7.52. The molecule has 120 valence electrons. The van der Waals surface area contributed by atoms with Crippen LogP contribution in [0.25, 0.3) is 21.8 Å². The van der Waals surface area contributed by atoms with Crippen LogP contribution in [-0.4, -0.2) is 27.8 Å². The topological polar surface area (TPSA) is 84.4 Å². The number of pyridine rings is 1. The average Bonchev–Trinajstić information content (AvgIpc) is 2.89. The van der Waals surface area contributed by atoms with Crippen molar-refractivity contribution in [3.8, 4) is 5.88 Å². The second-order valence-corrected chi connectivity index (χ2v) is 5.38. The van der Waals surface area contributed by atoms with Gasteiger partial charge < -0.3 is 19.6 Å². The maximum absolute atomic E-state index is 10.7. The average molecular weight is 314 g/mol. The van der Waals surface area contributed by atoms with Crippen molar-refractivity contribution in [1.29, 1.82) is 0 Å². The molecule has 0 radical (unpaired) electrons. The van der Waals surface area contributed by atoms with Crippen molar-refractivity contribution in [3.63, 3.8) is 0 Å². The lowest BCUT2D eigenvalue weighted by atomic mass is 10.1. The summed E-state index contributed by atoms with van der Waals surface area (Å²) in [6.07, 6.45) is 1.17. The first-order chi connectivity index (χ1) is 11.1. The van der Waals surface area contributed by atoms with Crippen LogP contribution in [0.2, 0.25) is 0 Å². The fraction of sp³-hybridized carbons (Fsp3) is 0.294. The number of nitrogens with one attached hydrogen (secondary N) is 1. The zero-order valence-corrected chi connectivity index (χ0v) is 13.0. The molecule has 0 saturated carbocycles. The summed E-state index contributed by atoms with van der Waals surface area (Å²) in [6, 6.07) is 7.71. The van der Waals surface area contributed by atoms with E-state index in [0.717, 1.165) is 33.8 Å². The molecular formula is C17H18N2O4. The molecule has 0 spiro atoms. The number of aromatic nitrogens is 2. The molecule has 0 aliphatic rings. The van der Waals surface area contributed by atoms with E-state index in [1.54, 1.807) is 12.3 Å². The summed E-state index contributed by atoms with van der Waals surface area (Å²) in [5.41, 5.74) is 2.86. The molecule has 1 aromatic carbocycles. The third-order valence-electron chi connectivity index (χ3n) is 3.72. The number of hydrogen-bond donors (Lipinski definition) is 2. The SMILES string of the molecule is CCCOC(C)c1ccc2[nH]c3cnc(OC(=O)O)cc3c2c1. The number of H-pyrrole nitrogens is 1. The number of hydrogen-bond acceptors (Lipinski definition) is 4. The Bertz CT molecular complexity index is 856. The van der Waals surface area contributed by atoms with Crippen LogP contribution in [0.4, 0.5) is 4.79 Å². The van der Waals surface area contributed by atoms with E-state index in [4.69, 9.17) is 9.84 Å². The number of aromatic amines is 1. The molecule has 2 aromatic heterocycles. The van der Waals surface area contributed by atoms with Gasteiger partial charge in [0.05, 0.1) is 17.8 Å². The summed E-state index contributed by atoms with van der Waals surface area (Å²) in [5, 5.41) is 10.6. The summed E-state index contributed by atoms with van der Waals surface area (Å²) in [4.78, 5) is 17.9. The second kappa shape index (κ2) is 6.26. The molecule has 6 heteroatoms. The highest BCUT2D eigenvalue weighted by Crippen LogP contribution is 2.30. The minimum Gasteiger partial charge on any atom is -0.449 e. The van der Waals surface area contributed by atoms with Gasteiger partial charge in [0.1, 0.15) is 0 Å². The Morgan fingerprint density at radius 3 is 2.83 bits per heavy atom. The van der Waals surface area contributed by atoms with Crippen molar-refractivity contribution in [2.45, 2.75) is 26.4 Å². The van der Waals surface area contributed by atoms with Crippen molar-refractivity contribution in [3.05, 3.63) is 36.0 Å². The fourth-order valence-electron chi connectivity index (χ4n) is 2.59. The Labute approximate surface area is 133 Å². The Hall–Kier alpha value is -2.60. The van der Waals surface area contributed by atoms with Crippen LogP contribution in [0.5, 0.6) is 5.88 Å². The molecule has 0 fully saturated rings. The summed E-state index contributed by atoms with van der Waals surface area (Å²) < 4.78 is 10.4. The van der Waals surface area contributed by atoms with Crippen LogP contribution in [0.3, 0.4) is 0 Å². The van der Waals surface area contributed by atoms with Crippen LogP contribution in [-0.2, 0) is 4.74 Å². The van der Waals surface area contributed by atoms with Gasteiger partial charge >= 0.3 is 6.16 Å². The predicted octanol–water partition coefficient (Wildman–Crippen LogP) is 4.26. The number of fused-ring (bicyclic) bond motifs is 3. The zero-order valence-electron chi connectivity index (χ0n) is 13.0. The standard InChI is InChI=1S/C17H18N2O4/c1-3-6-22-10(2)11-4-5-14-12(7-11)13-8-16(23-17(20)21)18-9-15(13)19-14/h4-5,7-10,19H,3,6H2,1-2H3,(H,20,21). The lowest BCUT2D eigenvalue weighted by molar-refractivity contribution is 0.0663. The molecule has 0 bridgehead atoms. The highest BCUT2D eigenvalue weighted by molar-refractivity contribution is 6.07. The molecule has 2 heterocycles. The minimum absolute atomic E-state index is 0.000812. The zero-order chi connectivity index (χ0) is 16.4. The third kappa shape index (κ3) is 3.12. The van der Waals surface area contributed by atoms with Gasteiger partial charge in [-0.25, -0.2) is 9.78 Å². The Morgan fingerprint density at radius 2 is 2.09 bits per heavy atom. The van der Waals surface area contributed by atoms with Gasteiger partial charge in [0, 0.05) is 29.0 Å². The van der Waals surface area contributed by atoms with Gasteiger partial charge in [-0.15, -0.1) is 0 Å². The smallest absolute Gasteiger partial charge is 0.449 e. The van der Waals surface area contributed by atoms with Crippen molar-refractivity contribution < 1.29 is 19.4 Å². The van der Waals surface area contributed by atoms with E-state index >= 15 is 0 Å². The molecule has 2 N–H and O–H groups in total. The van der Waals surface area contributed by atoms with E-state index in [1.807, 2.05) is 19.1 Å². The van der Waals surface area contributed by atoms with Crippen LogP contribution in [0, 0.1) is 0 Å². The largest absolute Gasteiger partial charge is 0.512 e. The molecule has 3 aromatic rings. The van der Waals surface area contributed by atoms with Gasteiger partial charge in [0.25, 0.3) is 0 Å². The molecule has 23 heavy (non-hydrogen) atoms. The fourth-order valence-corrected chi connectivity index (χ4v) is 2.59. The van der Waals surface area contributed by atoms with E-state index in [1.165, 1.54) is 0 Å². The van der Waals surface area contributed by atoms with Crippen molar-refractivity contribution in [2.24, 2.45) is 0 Å². The van der Waals surface area contributed by atoms with Crippen molar-refractivity contribution in [1.82, 2.24) is 9.97 Å². The van der Waals surface area contributed by atoms with E-state index < -0.39 is 6.16 Å². The van der Waals surface area contributed by atoms with E-state index in [2.05, 4.69) is 27.7 Å². The van der Waals surface area contributed by atoms with E-state index in [-0.39, 0.29) is 12.0 Å². The molecule has 0 aliphatic carbocycles. The second-order valence-electron chi connectivity index (χ2n) is 5.38. The maximum atomic E-state index is 10.7. The van der Waals surface area contributed by atoms with Crippen LogP contribution in [0.1, 0.15) is 31.9 Å². The summed E-state index contributed by atoms with van der Waals surface area (Å²) in [5.74, 6) is 0.0617. The lowest BCUT2D eigenvalue weighted by Crippen LogP contribution is -2.04. The van der Waals surface area contributed by atoms with Gasteiger partial charge in [0.15, 0.2) is 0 Å². The quantitative estimate of drug-likeness (QED) is 0.687. The first kappa shape index (κ1) is 15.3. The Kier molecular flexibility index (Phi) is 4.16. The molecule has 6 nitrogen and oxygen atoms in total. The molecule has 0 amide bonds. The lowest BCUT2D eigenvalue weighted by Gasteiger charge is -2.12. The third-order valence-corrected chi connectivity index (χ3v) is 3.72. The molecule has 0 aliphatic heterocycles. The van der Waals surface area contributed by atoms with E-state index in [0.29, 0.717) is 6.61 Å². The monoisotopic (exact) mass is 314 g/mol. The first-order valence-corrected chi connectivity index (χ1v) is 7.52. The van der Waals surface area contributed by atoms with Gasteiger partial charge in [-0.3, -0.25) is 0 Å². The summed E-state index contributed by atoms with van der Waals surface area (Å²) in [6.45, 7) is 4.81. The van der Waals surface area contributed by atoms with Gasteiger partial charge in [-0.1, -0.05) is 13.0 Å².